The summed E-state index contributed by atoms with van der Waals surface area (Å²) in [7, 11) is 0. The minimum absolute atomic E-state index is 0.586. The highest BCUT2D eigenvalue weighted by molar-refractivity contribution is 6.14. The lowest BCUT2D eigenvalue weighted by molar-refractivity contribution is 1.15. The first-order valence-electron chi connectivity index (χ1n) is 18.3. The van der Waals surface area contributed by atoms with Crippen LogP contribution in [0.5, 0.6) is 0 Å². The number of rotatable bonds is 4. The molecule has 0 saturated heterocycles. The molecule has 0 fully saturated rings. The van der Waals surface area contributed by atoms with Gasteiger partial charge < -0.3 is 13.7 Å². The largest absolute Gasteiger partial charge is 0.309 e. The molecule has 11 aromatic rings. The topological polar surface area (TPSA) is 42.9 Å². The Kier molecular flexibility index (Phi) is 6.61. The van der Waals surface area contributed by atoms with E-state index in [-0.39, 0.29) is 0 Å². The molecule has 0 amide bonds. The molecule has 55 heavy (non-hydrogen) atoms. The summed E-state index contributed by atoms with van der Waals surface area (Å²) in [5, 5.41) is 17.6. The van der Waals surface area contributed by atoms with Crippen molar-refractivity contribution in [1.82, 2.24) is 13.7 Å². The van der Waals surface area contributed by atoms with Crippen molar-refractivity contribution >= 4 is 71.1 Å². The van der Waals surface area contributed by atoms with E-state index in [9.17, 15) is 5.26 Å². The molecule has 3 aromatic heterocycles. The standard InChI is InChI=1S/C50H29N5/c1-52-33-25-27-47-40(29-33)37-16-4-10-22-45(37)55(47)49-24-12-13-32(31-51)50(49)39-18-6-11-23-46(39)54-44-21-9-5-17-38(44)41-30-34(26-28-48(41)54)53-42-19-7-2-14-35(42)36-15-3-8-20-43(36)53/h2-30H. The average molecular weight is 700 g/mol. The molecule has 0 bridgehead atoms. The summed E-state index contributed by atoms with van der Waals surface area (Å²) in [6, 6.07) is 63.7. The third-order valence-corrected chi connectivity index (χ3v) is 11.1. The number of hydrogen-bond donors (Lipinski definition) is 0. The molecule has 5 nitrogen and oxygen atoms in total. The van der Waals surface area contributed by atoms with Gasteiger partial charge in [0.15, 0.2) is 5.69 Å². The van der Waals surface area contributed by atoms with Gasteiger partial charge in [-0.05, 0) is 78.2 Å². The van der Waals surface area contributed by atoms with Gasteiger partial charge in [-0.3, -0.25) is 0 Å². The van der Waals surface area contributed by atoms with Crippen LogP contribution < -0.4 is 0 Å². The number of para-hydroxylation sites is 5. The molecule has 0 spiro atoms. The van der Waals surface area contributed by atoms with Crippen molar-refractivity contribution in [3.63, 3.8) is 0 Å². The summed E-state index contributed by atoms with van der Waals surface area (Å²) < 4.78 is 6.96. The lowest BCUT2D eigenvalue weighted by Gasteiger charge is -2.19. The molecule has 0 aliphatic heterocycles. The monoisotopic (exact) mass is 699 g/mol. The van der Waals surface area contributed by atoms with E-state index in [0.29, 0.717) is 11.3 Å². The molecule has 11 rings (SSSR count). The summed E-state index contributed by atoms with van der Waals surface area (Å²) in [4.78, 5) is 3.73. The summed E-state index contributed by atoms with van der Waals surface area (Å²) in [6.45, 7) is 7.69. The Morgan fingerprint density at radius 3 is 1.51 bits per heavy atom. The minimum atomic E-state index is 0.586. The quantitative estimate of drug-likeness (QED) is 0.169. The number of fused-ring (bicyclic) bond motifs is 9. The van der Waals surface area contributed by atoms with E-state index >= 15 is 0 Å². The molecular weight excluding hydrogens is 671 g/mol. The molecule has 0 atom stereocenters. The second-order valence-corrected chi connectivity index (χ2v) is 13.9. The third kappa shape index (κ3) is 4.39. The SMILES string of the molecule is [C-]#[N+]c1ccc2c(c1)c1ccccc1n2-c1cccc(C#N)c1-c1ccccc1-n1c2ccccc2c2cc(-n3c4ccccc4c4ccccc43)ccc21. The van der Waals surface area contributed by atoms with Crippen LogP contribution in [0.4, 0.5) is 5.69 Å². The van der Waals surface area contributed by atoms with Crippen LogP contribution >= 0.6 is 0 Å². The van der Waals surface area contributed by atoms with E-state index in [0.717, 1.165) is 71.8 Å². The van der Waals surface area contributed by atoms with E-state index in [1.165, 1.54) is 21.8 Å². The maximum atomic E-state index is 10.7. The second kappa shape index (κ2) is 11.8. The lowest BCUT2D eigenvalue weighted by Crippen LogP contribution is -2.03. The fourth-order valence-electron chi connectivity index (χ4n) is 8.83. The molecule has 8 aromatic carbocycles. The molecule has 0 unspecified atom stereocenters. The Balaban J connectivity index is 1.19. The maximum absolute atomic E-state index is 10.7. The van der Waals surface area contributed by atoms with Gasteiger partial charge in [0, 0.05) is 43.7 Å². The first kappa shape index (κ1) is 30.7. The van der Waals surface area contributed by atoms with Crippen molar-refractivity contribution in [2.75, 3.05) is 0 Å². The number of nitrogens with zero attached hydrogens (tertiary/aromatic N) is 5. The van der Waals surface area contributed by atoms with Gasteiger partial charge in [0.1, 0.15) is 0 Å². The zero-order valence-electron chi connectivity index (χ0n) is 29.5. The third-order valence-electron chi connectivity index (χ3n) is 11.1. The van der Waals surface area contributed by atoms with Gasteiger partial charge in [0.25, 0.3) is 0 Å². The van der Waals surface area contributed by atoms with Crippen molar-refractivity contribution in [2.24, 2.45) is 0 Å². The maximum Gasteiger partial charge on any atom is 0.188 e. The summed E-state index contributed by atoms with van der Waals surface area (Å²) >= 11 is 0. The van der Waals surface area contributed by atoms with Crippen molar-refractivity contribution < 1.29 is 0 Å². The number of nitriles is 1. The summed E-state index contributed by atoms with van der Waals surface area (Å²) in [5.74, 6) is 0. The highest BCUT2D eigenvalue weighted by Crippen LogP contribution is 2.43. The van der Waals surface area contributed by atoms with Gasteiger partial charge in [0.2, 0.25) is 0 Å². The van der Waals surface area contributed by atoms with Gasteiger partial charge in [-0.25, -0.2) is 4.85 Å². The van der Waals surface area contributed by atoms with Gasteiger partial charge in [-0.2, -0.15) is 5.26 Å². The molecule has 3 heterocycles. The van der Waals surface area contributed by atoms with Crippen molar-refractivity contribution in [2.45, 2.75) is 0 Å². The molecule has 0 N–H and O–H groups in total. The Morgan fingerprint density at radius 1 is 0.418 bits per heavy atom. The van der Waals surface area contributed by atoms with Crippen molar-refractivity contribution in [3.05, 3.63) is 193 Å². The Morgan fingerprint density at radius 2 is 0.891 bits per heavy atom. The van der Waals surface area contributed by atoms with E-state index < -0.39 is 0 Å². The van der Waals surface area contributed by atoms with Crippen molar-refractivity contribution in [1.29, 1.82) is 5.26 Å². The predicted molar refractivity (Wildman–Crippen MR) is 226 cm³/mol. The van der Waals surface area contributed by atoms with Gasteiger partial charge >= 0.3 is 0 Å². The molecule has 5 heteroatoms. The van der Waals surface area contributed by atoms with Crippen LogP contribution in [-0.2, 0) is 0 Å². The molecule has 254 valence electrons. The van der Waals surface area contributed by atoms with Crippen LogP contribution in [0.2, 0.25) is 0 Å². The van der Waals surface area contributed by atoms with E-state index in [2.05, 4.69) is 158 Å². The molecule has 0 radical (unpaired) electrons. The molecular formula is C50H29N5. The predicted octanol–water partition coefficient (Wildman–Crippen LogP) is 13.1. The Labute approximate surface area is 316 Å². The highest BCUT2D eigenvalue weighted by atomic mass is 15.0. The Hall–Kier alpha value is -7.86. The van der Waals surface area contributed by atoms with E-state index in [4.69, 9.17) is 6.57 Å². The summed E-state index contributed by atoms with van der Waals surface area (Å²) in [6.07, 6.45) is 0. The fourth-order valence-corrected chi connectivity index (χ4v) is 8.83. The van der Waals surface area contributed by atoms with Crippen LogP contribution in [-0.4, -0.2) is 13.7 Å². The summed E-state index contributed by atoms with van der Waals surface area (Å²) in [5.41, 5.74) is 12.5. The van der Waals surface area contributed by atoms with Crippen LogP contribution in [0.3, 0.4) is 0 Å². The van der Waals surface area contributed by atoms with Crippen LogP contribution in [0.25, 0.3) is 98.5 Å². The van der Waals surface area contributed by atoms with Gasteiger partial charge in [0.05, 0.1) is 62.7 Å². The number of benzene rings is 8. The molecule has 0 saturated carbocycles. The first-order valence-corrected chi connectivity index (χ1v) is 18.3. The van der Waals surface area contributed by atoms with Crippen molar-refractivity contribution in [3.8, 4) is 34.3 Å². The number of aromatic nitrogens is 3. The fraction of sp³-hybridized carbons (Fsp3) is 0. The Bertz CT molecular complexity index is 3420. The van der Waals surface area contributed by atoms with Crippen LogP contribution in [0, 0.1) is 17.9 Å². The average Bonchev–Trinajstić information content (AvgIpc) is 3.88. The first-order chi connectivity index (χ1) is 27.2. The minimum Gasteiger partial charge on any atom is -0.309 e. The zero-order valence-corrected chi connectivity index (χ0v) is 29.5. The van der Waals surface area contributed by atoms with Gasteiger partial charge in [-0.1, -0.05) is 103 Å². The number of hydrogen-bond acceptors (Lipinski definition) is 1. The van der Waals surface area contributed by atoms with Crippen LogP contribution in [0.15, 0.2) is 176 Å². The van der Waals surface area contributed by atoms with Crippen LogP contribution in [0.1, 0.15) is 5.56 Å². The van der Waals surface area contributed by atoms with E-state index in [1.54, 1.807) is 0 Å². The molecule has 0 aliphatic carbocycles. The molecule has 0 aliphatic rings. The lowest BCUT2D eigenvalue weighted by atomic mass is 9.96. The van der Waals surface area contributed by atoms with Gasteiger partial charge in [-0.15, -0.1) is 0 Å². The zero-order chi connectivity index (χ0) is 36.6. The second-order valence-electron chi connectivity index (χ2n) is 13.9. The highest BCUT2D eigenvalue weighted by Gasteiger charge is 2.23. The normalized spacial score (nSPS) is 11.6. The van der Waals surface area contributed by atoms with E-state index in [1.807, 2.05) is 42.5 Å². The smallest absolute Gasteiger partial charge is 0.188 e.